The fourth-order valence-electron chi connectivity index (χ4n) is 1.68. The molecule has 2 aromatic rings. The third-order valence-electron chi connectivity index (χ3n) is 2.69. The van der Waals surface area contributed by atoms with Crippen LogP contribution in [-0.4, -0.2) is 4.98 Å². The molecule has 0 fully saturated rings. The van der Waals surface area contributed by atoms with Crippen LogP contribution in [0, 0.1) is 13.8 Å². The number of nitrogens with one attached hydrogen (secondary N) is 1. The molecular weight excluding hydrogens is 210 g/mol. The minimum absolute atomic E-state index is 0.727. The van der Waals surface area contributed by atoms with Gasteiger partial charge in [-0.15, -0.1) is 0 Å². The van der Waals surface area contributed by atoms with Gasteiger partial charge in [0.2, 0.25) is 0 Å². The Hall–Kier alpha value is -2.03. The summed E-state index contributed by atoms with van der Waals surface area (Å²) in [5.41, 5.74) is 10.8. The van der Waals surface area contributed by atoms with Crippen molar-refractivity contribution < 1.29 is 0 Å². The average molecular weight is 227 g/mol. The molecule has 0 aliphatic rings. The summed E-state index contributed by atoms with van der Waals surface area (Å²) < 4.78 is 0. The molecular formula is C14H17N3. The van der Waals surface area contributed by atoms with Gasteiger partial charge in [-0.3, -0.25) is 4.98 Å². The average Bonchev–Trinajstić information content (AvgIpc) is 2.31. The number of hydrogen-bond acceptors (Lipinski definition) is 3. The van der Waals surface area contributed by atoms with Gasteiger partial charge in [0.05, 0.1) is 12.2 Å². The van der Waals surface area contributed by atoms with E-state index >= 15 is 0 Å². The minimum Gasteiger partial charge on any atom is -0.399 e. The van der Waals surface area contributed by atoms with E-state index < -0.39 is 0 Å². The summed E-state index contributed by atoms with van der Waals surface area (Å²) in [5, 5.41) is 3.34. The van der Waals surface area contributed by atoms with E-state index in [4.69, 9.17) is 5.73 Å². The Bertz CT molecular complexity index is 521. The Balaban J connectivity index is 2.05. The Labute approximate surface area is 102 Å². The zero-order valence-corrected chi connectivity index (χ0v) is 10.2. The highest BCUT2D eigenvalue weighted by molar-refractivity contribution is 5.56. The van der Waals surface area contributed by atoms with Gasteiger partial charge in [-0.2, -0.15) is 0 Å². The second kappa shape index (κ2) is 4.87. The van der Waals surface area contributed by atoms with Crippen LogP contribution in [0.3, 0.4) is 0 Å². The fraction of sp³-hybridized carbons (Fsp3) is 0.214. The van der Waals surface area contributed by atoms with Crippen LogP contribution in [-0.2, 0) is 6.54 Å². The van der Waals surface area contributed by atoms with Crippen LogP contribution in [0.25, 0.3) is 0 Å². The number of nitrogens with zero attached hydrogens (tertiary/aromatic N) is 1. The third-order valence-corrected chi connectivity index (χ3v) is 2.69. The molecule has 1 aromatic heterocycles. The van der Waals surface area contributed by atoms with Crippen molar-refractivity contribution in [3.8, 4) is 0 Å². The number of aryl methyl sites for hydroxylation is 2. The second-order valence-electron chi connectivity index (χ2n) is 4.20. The molecule has 0 spiro atoms. The molecule has 0 bridgehead atoms. The predicted octanol–water partition coefficient (Wildman–Crippen LogP) is 2.89. The Kier molecular flexibility index (Phi) is 3.28. The molecule has 3 nitrogen and oxygen atoms in total. The van der Waals surface area contributed by atoms with Gasteiger partial charge in [0, 0.05) is 17.1 Å². The number of rotatable bonds is 3. The van der Waals surface area contributed by atoms with E-state index in [2.05, 4.69) is 10.3 Å². The lowest BCUT2D eigenvalue weighted by Crippen LogP contribution is -2.02. The van der Waals surface area contributed by atoms with Crippen LogP contribution in [0.1, 0.15) is 17.0 Å². The summed E-state index contributed by atoms with van der Waals surface area (Å²) in [6.45, 7) is 4.73. The number of nitrogens with two attached hydrogens (primary N) is 1. The minimum atomic E-state index is 0.727. The highest BCUT2D eigenvalue weighted by atomic mass is 14.9. The first-order valence-electron chi connectivity index (χ1n) is 5.68. The van der Waals surface area contributed by atoms with Crippen LogP contribution >= 0.6 is 0 Å². The number of anilines is 2. The van der Waals surface area contributed by atoms with Crippen LogP contribution in [0.15, 0.2) is 36.4 Å². The lowest BCUT2D eigenvalue weighted by molar-refractivity contribution is 1.01. The molecule has 0 saturated carbocycles. The summed E-state index contributed by atoms with van der Waals surface area (Å²) in [6, 6.07) is 12.0. The molecule has 3 N–H and O–H groups in total. The first-order chi connectivity index (χ1) is 8.15. The largest absolute Gasteiger partial charge is 0.399 e. The first-order valence-corrected chi connectivity index (χ1v) is 5.68. The van der Waals surface area contributed by atoms with Crippen LogP contribution < -0.4 is 11.1 Å². The first kappa shape index (κ1) is 11.5. The summed E-state index contributed by atoms with van der Waals surface area (Å²) in [6.07, 6.45) is 0. The van der Waals surface area contributed by atoms with E-state index in [9.17, 15) is 0 Å². The lowest BCUT2D eigenvalue weighted by Gasteiger charge is -2.08. The number of aromatic nitrogens is 1. The van der Waals surface area contributed by atoms with Gasteiger partial charge in [-0.25, -0.2) is 0 Å². The van der Waals surface area contributed by atoms with E-state index in [1.165, 1.54) is 0 Å². The van der Waals surface area contributed by atoms with Crippen molar-refractivity contribution in [2.24, 2.45) is 0 Å². The van der Waals surface area contributed by atoms with E-state index in [1.54, 1.807) is 0 Å². The van der Waals surface area contributed by atoms with E-state index in [0.29, 0.717) is 0 Å². The summed E-state index contributed by atoms with van der Waals surface area (Å²) in [7, 11) is 0. The number of nitrogen functional groups attached to an aromatic ring is 1. The van der Waals surface area contributed by atoms with E-state index in [0.717, 1.165) is 34.9 Å². The quantitative estimate of drug-likeness (QED) is 0.793. The highest BCUT2D eigenvalue weighted by Gasteiger charge is 1.98. The van der Waals surface area contributed by atoms with Crippen molar-refractivity contribution in [3.05, 3.63) is 53.3 Å². The Morgan fingerprint density at radius 2 is 2.00 bits per heavy atom. The molecule has 2 rings (SSSR count). The molecule has 17 heavy (non-hydrogen) atoms. The fourth-order valence-corrected chi connectivity index (χ4v) is 1.68. The predicted molar refractivity (Wildman–Crippen MR) is 71.9 cm³/mol. The van der Waals surface area contributed by atoms with Crippen molar-refractivity contribution in [1.82, 2.24) is 4.98 Å². The zero-order chi connectivity index (χ0) is 12.3. The van der Waals surface area contributed by atoms with Gasteiger partial charge < -0.3 is 11.1 Å². The lowest BCUT2D eigenvalue weighted by atomic mass is 10.2. The topological polar surface area (TPSA) is 50.9 Å². The maximum absolute atomic E-state index is 5.78. The highest BCUT2D eigenvalue weighted by Crippen LogP contribution is 2.17. The molecule has 3 heteroatoms. The van der Waals surface area contributed by atoms with Gasteiger partial charge in [-0.1, -0.05) is 6.07 Å². The van der Waals surface area contributed by atoms with Crippen LogP contribution in [0.5, 0.6) is 0 Å². The molecule has 0 radical (unpaired) electrons. The molecule has 1 heterocycles. The maximum Gasteiger partial charge on any atom is 0.0597 e. The zero-order valence-electron chi connectivity index (χ0n) is 10.2. The van der Waals surface area contributed by atoms with Gasteiger partial charge in [0.15, 0.2) is 0 Å². The molecule has 0 atom stereocenters. The van der Waals surface area contributed by atoms with Crippen molar-refractivity contribution in [2.75, 3.05) is 11.1 Å². The normalized spacial score (nSPS) is 10.2. The van der Waals surface area contributed by atoms with Gasteiger partial charge >= 0.3 is 0 Å². The molecule has 0 aliphatic heterocycles. The monoisotopic (exact) mass is 227 g/mol. The van der Waals surface area contributed by atoms with Gasteiger partial charge in [0.1, 0.15) is 0 Å². The molecule has 0 aliphatic carbocycles. The number of benzene rings is 1. The SMILES string of the molecule is Cc1cccc(CNc2ccc(N)c(C)c2)n1. The Morgan fingerprint density at radius 3 is 2.71 bits per heavy atom. The van der Waals surface area contributed by atoms with Crippen LogP contribution in [0.4, 0.5) is 11.4 Å². The van der Waals surface area contributed by atoms with E-state index in [-0.39, 0.29) is 0 Å². The van der Waals surface area contributed by atoms with Crippen molar-refractivity contribution in [3.63, 3.8) is 0 Å². The van der Waals surface area contributed by atoms with Crippen molar-refractivity contribution >= 4 is 11.4 Å². The third kappa shape index (κ3) is 2.97. The molecule has 0 saturated heterocycles. The van der Waals surface area contributed by atoms with Gasteiger partial charge in [-0.05, 0) is 49.7 Å². The standard InChI is InChI=1S/C14H17N3/c1-10-8-12(6-7-14(10)15)16-9-13-5-3-4-11(2)17-13/h3-8,16H,9,15H2,1-2H3. The van der Waals surface area contributed by atoms with E-state index in [1.807, 2.05) is 50.2 Å². The second-order valence-corrected chi connectivity index (χ2v) is 4.20. The summed E-state index contributed by atoms with van der Waals surface area (Å²) in [5.74, 6) is 0. The van der Waals surface area contributed by atoms with Gasteiger partial charge in [0.25, 0.3) is 0 Å². The molecule has 0 amide bonds. The summed E-state index contributed by atoms with van der Waals surface area (Å²) >= 11 is 0. The Morgan fingerprint density at radius 1 is 1.18 bits per heavy atom. The number of pyridine rings is 1. The molecule has 88 valence electrons. The van der Waals surface area contributed by atoms with Crippen molar-refractivity contribution in [2.45, 2.75) is 20.4 Å². The molecule has 0 unspecified atom stereocenters. The molecule has 1 aromatic carbocycles. The number of hydrogen-bond donors (Lipinski definition) is 2. The summed E-state index contributed by atoms with van der Waals surface area (Å²) in [4.78, 5) is 4.44. The van der Waals surface area contributed by atoms with Crippen molar-refractivity contribution in [1.29, 1.82) is 0 Å². The van der Waals surface area contributed by atoms with Crippen LogP contribution in [0.2, 0.25) is 0 Å². The smallest absolute Gasteiger partial charge is 0.0597 e. The maximum atomic E-state index is 5.78.